The summed E-state index contributed by atoms with van der Waals surface area (Å²) in [5, 5.41) is 0. The average molecular weight is 335 g/mol. The third-order valence-electron chi connectivity index (χ3n) is 4.52. The molecule has 1 saturated heterocycles. The van der Waals surface area contributed by atoms with Crippen LogP contribution >= 0.6 is 0 Å². The van der Waals surface area contributed by atoms with Crippen molar-refractivity contribution in [1.82, 2.24) is 0 Å². The van der Waals surface area contributed by atoms with Crippen LogP contribution in [0.3, 0.4) is 0 Å². The van der Waals surface area contributed by atoms with Gasteiger partial charge in [0, 0.05) is 13.2 Å². The molecule has 136 valence electrons. The Labute approximate surface area is 147 Å². The Balaban J connectivity index is 1.32. The molecule has 1 atom stereocenters. The van der Waals surface area contributed by atoms with E-state index in [1.54, 1.807) is 0 Å². The normalized spacial score (nSPS) is 17.8. The Morgan fingerprint density at radius 2 is 1.54 bits per heavy atom. The summed E-state index contributed by atoms with van der Waals surface area (Å²) in [7, 11) is 0. The Morgan fingerprint density at radius 1 is 0.875 bits per heavy atom. The Hall–Kier alpha value is -1.06. The van der Waals surface area contributed by atoms with Gasteiger partial charge in [0.05, 0.1) is 6.61 Å². The first-order valence-electron chi connectivity index (χ1n) is 9.77. The van der Waals surface area contributed by atoms with Crippen LogP contribution in [-0.2, 0) is 9.47 Å². The summed E-state index contributed by atoms with van der Waals surface area (Å²) < 4.78 is 17.1. The van der Waals surface area contributed by atoms with Gasteiger partial charge in [-0.25, -0.2) is 0 Å². The molecular formula is C21H34O3. The van der Waals surface area contributed by atoms with Gasteiger partial charge in [0.2, 0.25) is 0 Å². The van der Waals surface area contributed by atoms with E-state index in [0.717, 1.165) is 44.8 Å². The third kappa shape index (κ3) is 8.70. The number of hydrogen-bond donors (Lipinski definition) is 0. The number of ether oxygens (including phenoxy) is 3. The molecule has 3 nitrogen and oxygen atoms in total. The van der Waals surface area contributed by atoms with E-state index in [4.69, 9.17) is 14.2 Å². The van der Waals surface area contributed by atoms with Crippen molar-refractivity contribution in [3.05, 3.63) is 29.8 Å². The van der Waals surface area contributed by atoms with Crippen LogP contribution < -0.4 is 4.74 Å². The summed E-state index contributed by atoms with van der Waals surface area (Å²) in [4.78, 5) is 0. The minimum atomic E-state index is 0.0762. The van der Waals surface area contributed by atoms with Crippen molar-refractivity contribution in [2.24, 2.45) is 0 Å². The van der Waals surface area contributed by atoms with Gasteiger partial charge >= 0.3 is 0 Å². The molecule has 0 saturated carbocycles. The smallest absolute Gasteiger partial charge is 0.157 e. The molecule has 0 aliphatic carbocycles. The molecule has 0 N–H and O–H groups in total. The lowest BCUT2D eigenvalue weighted by Crippen LogP contribution is -2.22. The maximum atomic E-state index is 5.75. The second-order valence-electron chi connectivity index (χ2n) is 6.80. The predicted octanol–water partition coefficient (Wildman–Crippen LogP) is 5.65. The zero-order valence-electron chi connectivity index (χ0n) is 15.3. The van der Waals surface area contributed by atoms with Gasteiger partial charge in [-0.2, -0.15) is 0 Å². The highest BCUT2D eigenvalue weighted by molar-refractivity contribution is 5.26. The van der Waals surface area contributed by atoms with Gasteiger partial charge in [-0.3, -0.25) is 0 Å². The average Bonchev–Trinajstić information content (AvgIpc) is 2.62. The molecule has 2 rings (SSSR count). The second-order valence-corrected chi connectivity index (χ2v) is 6.80. The van der Waals surface area contributed by atoms with Crippen LogP contribution in [0.4, 0.5) is 0 Å². The van der Waals surface area contributed by atoms with E-state index >= 15 is 0 Å². The van der Waals surface area contributed by atoms with E-state index in [-0.39, 0.29) is 6.29 Å². The van der Waals surface area contributed by atoms with Crippen molar-refractivity contribution in [2.45, 2.75) is 77.4 Å². The number of benzene rings is 1. The molecule has 0 bridgehead atoms. The quantitative estimate of drug-likeness (QED) is 0.462. The van der Waals surface area contributed by atoms with Crippen LogP contribution in [0.2, 0.25) is 0 Å². The lowest BCUT2D eigenvalue weighted by molar-refractivity contribution is -0.162. The van der Waals surface area contributed by atoms with Crippen LogP contribution in [0.25, 0.3) is 0 Å². The summed E-state index contributed by atoms with van der Waals surface area (Å²) in [5.41, 5.74) is 1.28. The molecule has 1 fully saturated rings. The summed E-state index contributed by atoms with van der Waals surface area (Å²) in [6.07, 6.45) is 12.4. The Morgan fingerprint density at radius 3 is 2.21 bits per heavy atom. The molecule has 0 amide bonds. The molecule has 1 aliphatic rings. The second kappa shape index (κ2) is 12.3. The van der Waals surface area contributed by atoms with E-state index in [0.29, 0.717) is 0 Å². The highest BCUT2D eigenvalue weighted by Crippen LogP contribution is 2.15. The van der Waals surface area contributed by atoms with Crippen LogP contribution in [0, 0.1) is 6.92 Å². The van der Waals surface area contributed by atoms with Crippen molar-refractivity contribution < 1.29 is 14.2 Å². The van der Waals surface area contributed by atoms with Gasteiger partial charge in [-0.15, -0.1) is 0 Å². The number of aryl methyl sites for hydroxylation is 1. The van der Waals surface area contributed by atoms with E-state index < -0.39 is 0 Å². The van der Waals surface area contributed by atoms with Gasteiger partial charge in [0.15, 0.2) is 6.29 Å². The molecule has 1 unspecified atom stereocenters. The fourth-order valence-corrected chi connectivity index (χ4v) is 2.97. The lowest BCUT2D eigenvalue weighted by atomic mass is 10.1. The Kier molecular flexibility index (Phi) is 9.89. The fourth-order valence-electron chi connectivity index (χ4n) is 2.97. The van der Waals surface area contributed by atoms with Gasteiger partial charge in [-0.1, -0.05) is 49.8 Å². The third-order valence-corrected chi connectivity index (χ3v) is 4.52. The first-order chi connectivity index (χ1) is 11.8. The van der Waals surface area contributed by atoms with E-state index in [9.17, 15) is 0 Å². The van der Waals surface area contributed by atoms with Gasteiger partial charge in [0.25, 0.3) is 0 Å². The van der Waals surface area contributed by atoms with Crippen LogP contribution in [-0.4, -0.2) is 26.1 Å². The molecule has 1 aliphatic heterocycles. The van der Waals surface area contributed by atoms with Crippen molar-refractivity contribution in [2.75, 3.05) is 19.8 Å². The number of unbranched alkanes of at least 4 members (excludes halogenated alkanes) is 6. The monoisotopic (exact) mass is 334 g/mol. The highest BCUT2D eigenvalue weighted by Gasteiger charge is 2.13. The highest BCUT2D eigenvalue weighted by atomic mass is 16.7. The molecular weight excluding hydrogens is 300 g/mol. The molecule has 24 heavy (non-hydrogen) atoms. The molecule has 1 aromatic carbocycles. The maximum Gasteiger partial charge on any atom is 0.157 e. The molecule has 1 aromatic rings. The van der Waals surface area contributed by atoms with Crippen molar-refractivity contribution in [3.8, 4) is 5.75 Å². The minimum absolute atomic E-state index is 0.0762. The van der Waals surface area contributed by atoms with Gasteiger partial charge in [-0.05, 0) is 51.2 Å². The predicted molar refractivity (Wildman–Crippen MR) is 98.5 cm³/mol. The van der Waals surface area contributed by atoms with Crippen molar-refractivity contribution in [1.29, 1.82) is 0 Å². The molecule has 0 radical (unpaired) electrons. The van der Waals surface area contributed by atoms with Gasteiger partial charge in [0.1, 0.15) is 5.75 Å². The summed E-state index contributed by atoms with van der Waals surface area (Å²) in [5.74, 6) is 0.988. The molecule has 3 heteroatoms. The topological polar surface area (TPSA) is 27.7 Å². The maximum absolute atomic E-state index is 5.75. The first-order valence-corrected chi connectivity index (χ1v) is 9.77. The molecule has 1 heterocycles. The van der Waals surface area contributed by atoms with Crippen LogP contribution in [0.5, 0.6) is 5.75 Å². The van der Waals surface area contributed by atoms with Crippen molar-refractivity contribution >= 4 is 0 Å². The van der Waals surface area contributed by atoms with Crippen molar-refractivity contribution in [3.63, 3.8) is 0 Å². The van der Waals surface area contributed by atoms with Crippen LogP contribution in [0.1, 0.15) is 69.8 Å². The summed E-state index contributed by atoms with van der Waals surface area (Å²) in [6.45, 7) is 4.66. The molecule has 0 spiro atoms. The fraction of sp³-hybridized carbons (Fsp3) is 0.714. The lowest BCUT2D eigenvalue weighted by Gasteiger charge is -2.22. The zero-order chi connectivity index (χ0) is 16.9. The van der Waals surface area contributed by atoms with E-state index in [2.05, 4.69) is 31.2 Å². The Bertz CT molecular complexity index is 410. The first kappa shape index (κ1) is 19.3. The SMILES string of the molecule is Cc1ccc(OCCCCCCCCCOC2CCCCO2)cc1. The summed E-state index contributed by atoms with van der Waals surface area (Å²) >= 11 is 0. The number of rotatable bonds is 12. The molecule has 0 aromatic heterocycles. The largest absolute Gasteiger partial charge is 0.494 e. The van der Waals surface area contributed by atoms with Crippen LogP contribution in [0.15, 0.2) is 24.3 Å². The minimum Gasteiger partial charge on any atom is -0.494 e. The van der Waals surface area contributed by atoms with E-state index in [1.807, 2.05) is 0 Å². The van der Waals surface area contributed by atoms with E-state index in [1.165, 1.54) is 50.5 Å². The van der Waals surface area contributed by atoms with Gasteiger partial charge < -0.3 is 14.2 Å². The zero-order valence-corrected chi connectivity index (χ0v) is 15.3. The number of hydrogen-bond acceptors (Lipinski definition) is 3. The standard InChI is InChI=1S/C21H34O3/c1-19-12-14-20(15-13-19)22-16-8-5-3-2-4-6-9-17-23-21-11-7-10-18-24-21/h12-15,21H,2-11,16-18H2,1H3. The summed E-state index contributed by atoms with van der Waals surface area (Å²) in [6, 6.07) is 8.30.